The van der Waals surface area contributed by atoms with Crippen molar-refractivity contribution < 1.29 is 4.74 Å². The topological polar surface area (TPSA) is 64.9 Å². The van der Waals surface area contributed by atoms with E-state index in [2.05, 4.69) is 33.4 Å². The second kappa shape index (κ2) is 5.69. The molecule has 0 amide bonds. The van der Waals surface area contributed by atoms with Crippen molar-refractivity contribution in [2.75, 3.05) is 11.9 Å². The normalized spacial score (nSPS) is 11.0. The summed E-state index contributed by atoms with van der Waals surface area (Å²) < 4.78 is 7.59. The molecule has 0 saturated heterocycles. The molecule has 0 atom stereocenters. The molecule has 0 aliphatic rings. The number of hydrogen-bond donors (Lipinski definition) is 1. The highest BCUT2D eigenvalue weighted by molar-refractivity contribution is 7.18. The molecule has 0 bridgehead atoms. The highest BCUT2D eigenvalue weighted by atomic mass is 32.1. The smallest absolute Gasteiger partial charge is 0.233 e. The van der Waals surface area contributed by atoms with Crippen LogP contribution in [0.2, 0.25) is 0 Å². The van der Waals surface area contributed by atoms with Gasteiger partial charge in [-0.3, -0.25) is 4.68 Å². The Morgan fingerprint density at radius 1 is 1.33 bits per heavy atom. The predicted octanol–water partition coefficient (Wildman–Crippen LogP) is 3.21. The zero-order valence-electron chi connectivity index (χ0n) is 12.3. The van der Waals surface area contributed by atoms with E-state index in [1.54, 1.807) is 22.2 Å². The molecule has 1 N–H and O–H groups in total. The van der Waals surface area contributed by atoms with Gasteiger partial charge in [-0.05, 0) is 19.4 Å². The number of aromatic nitrogens is 4. The van der Waals surface area contributed by atoms with Crippen LogP contribution in [0.25, 0.3) is 10.2 Å². The van der Waals surface area contributed by atoms with Crippen LogP contribution >= 0.6 is 11.3 Å². The summed E-state index contributed by atoms with van der Waals surface area (Å²) in [5, 5.41) is 8.20. The number of aryl methyl sites for hydroxylation is 2. The maximum absolute atomic E-state index is 5.89. The van der Waals surface area contributed by atoms with Crippen LogP contribution in [0.3, 0.4) is 0 Å². The first kappa shape index (κ1) is 13.8. The minimum absolute atomic E-state index is 0.569. The SMILES string of the molecule is CCNc1nc(Oc2cnn(C)c2)c2cc(CC)sc2n1. The van der Waals surface area contributed by atoms with Crippen LogP contribution in [-0.2, 0) is 13.5 Å². The van der Waals surface area contributed by atoms with Crippen LogP contribution in [0, 0.1) is 0 Å². The first-order valence-electron chi connectivity index (χ1n) is 6.90. The minimum atomic E-state index is 0.569. The molecule has 0 radical (unpaired) electrons. The maximum atomic E-state index is 5.89. The van der Waals surface area contributed by atoms with Crippen molar-refractivity contribution in [3.05, 3.63) is 23.3 Å². The predicted molar refractivity (Wildman–Crippen MR) is 84.2 cm³/mol. The van der Waals surface area contributed by atoms with E-state index in [1.807, 2.05) is 20.2 Å². The lowest BCUT2D eigenvalue weighted by Gasteiger charge is -2.06. The Balaban J connectivity index is 2.06. The Kier molecular flexibility index (Phi) is 3.74. The summed E-state index contributed by atoms with van der Waals surface area (Å²) in [7, 11) is 1.85. The number of ether oxygens (including phenoxy) is 1. The van der Waals surface area contributed by atoms with Gasteiger partial charge in [0, 0.05) is 18.5 Å². The van der Waals surface area contributed by atoms with Gasteiger partial charge >= 0.3 is 0 Å². The Hall–Kier alpha value is -2.15. The highest BCUT2D eigenvalue weighted by Gasteiger charge is 2.13. The van der Waals surface area contributed by atoms with Crippen LogP contribution < -0.4 is 10.1 Å². The van der Waals surface area contributed by atoms with Gasteiger partial charge in [0.2, 0.25) is 11.8 Å². The van der Waals surface area contributed by atoms with E-state index in [0.717, 1.165) is 23.2 Å². The van der Waals surface area contributed by atoms with Gasteiger partial charge in [-0.25, -0.2) is 4.98 Å². The maximum Gasteiger partial charge on any atom is 0.233 e. The number of rotatable bonds is 5. The van der Waals surface area contributed by atoms with Gasteiger partial charge < -0.3 is 10.1 Å². The molecule has 3 rings (SSSR count). The molecule has 0 aromatic carbocycles. The number of nitrogens with one attached hydrogen (secondary N) is 1. The van der Waals surface area contributed by atoms with Crippen molar-refractivity contribution in [3.63, 3.8) is 0 Å². The van der Waals surface area contributed by atoms with Crippen LogP contribution in [-0.4, -0.2) is 26.3 Å². The molecule has 3 heterocycles. The summed E-state index contributed by atoms with van der Waals surface area (Å²) in [4.78, 5) is 11.2. The van der Waals surface area contributed by atoms with Gasteiger partial charge in [0.05, 0.1) is 17.8 Å². The van der Waals surface area contributed by atoms with Crippen LogP contribution in [0.4, 0.5) is 5.95 Å². The molecule has 0 fully saturated rings. The van der Waals surface area contributed by atoms with Crippen molar-refractivity contribution in [2.45, 2.75) is 20.3 Å². The third kappa shape index (κ3) is 2.82. The summed E-state index contributed by atoms with van der Waals surface area (Å²) in [5.74, 6) is 1.83. The second-order valence-corrected chi connectivity index (χ2v) is 5.73. The largest absolute Gasteiger partial charge is 0.435 e. The van der Waals surface area contributed by atoms with E-state index in [9.17, 15) is 0 Å². The summed E-state index contributed by atoms with van der Waals surface area (Å²) >= 11 is 1.68. The summed E-state index contributed by atoms with van der Waals surface area (Å²) in [6.07, 6.45) is 4.46. The van der Waals surface area contributed by atoms with Gasteiger partial charge in [0.15, 0.2) is 5.75 Å². The van der Waals surface area contributed by atoms with Crippen molar-refractivity contribution >= 4 is 27.5 Å². The van der Waals surface area contributed by atoms with E-state index in [1.165, 1.54) is 4.88 Å². The van der Waals surface area contributed by atoms with E-state index in [-0.39, 0.29) is 0 Å². The molecule has 0 aliphatic heterocycles. The summed E-state index contributed by atoms with van der Waals surface area (Å²) in [6.45, 7) is 4.91. The van der Waals surface area contributed by atoms with Crippen LogP contribution in [0.5, 0.6) is 11.6 Å². The first-order valence-corrected chi connectivity index (χ1v) is 7.72. The fraction of sp³-hybridized carbons (Fsp3) is 0.357. The van der Waals surface area contributed by atoms with Crippen molar-refractivity contribution in [1.82, 2.24) is 19.7 Å². The molecule has 0 spiro atoms. The third-order valence-corrected chi connectivity index (χ3v) is 4.16. The highest BCUT2D eigenvalue weighted by Crippen LogP contribution is 2.33. The van der Waals surface area contributed by atoms with E-state index in [0.29, 0.717) is 17.6 Å². The van der Waals surface area contributed by atoms with Crippen molar-refractivity contribution in [2.24, 2.45) is 7.05 Å². The number of thiophene rings is 1. The molecule has 3 aromatic heterocycles. The molecule has 7 heteroatoms. The standard InChI is InChI=1S/C14H17N5OS/c1-4-10-6-11-12(20-9-7-16-19(3)8-9)17-14(15-5-2)18-13(11)21-10/h6-8H,4-5H2,1-3H3,(H,15,17,18). The molecule has 110 valence electrons. The molecule has 6 nitrogen and oxygen atoms in total. The number of fused-ring (bicyclic) bond motifs is 1. The number of nitrogens with zero attached hydrogens (tertiary/aromatic N) is 4. The van der Waals surface area contributed by atoms with E-state index < -0.39 is 0 Å². The molecule has 0 aliphatic carbocycles. The van der Waals surface area contributed by atoms with E-state index in [4.69, 9.17) is 4.74 Å². The zero-order valence-corrected chi connectivity index (χ0v) is 13.1. The quantitative estimate of drug-likeness (QED) is 0.784. The Morgan fingerprint density at radius 2 is 2.19 bits per heavy atom. The van der Waals surface area contributed by atoms with Gasteiger partial charge in [0.1, 0.15) is 4.83 Å². The van der Waals surface area contributed by atoms with Crippen LogP contribution in [0.1, 0.15) is 18.7 Å². The average Bonchev–Trinajstić information content (AvgIpc) is 3.05. The van der Waals surface area contributed by atoms with Crippen LogP contribution in [0.15, 0.2) is 18.5 Å². The zero-order chi connectivity index (χ0) is 14.8. The summed E-state index contributed by atoms with van der Waals surface area (Å²) in [5.41, 5.74) is 0. The molecule has 0 unspecified atom stereocenters. The fourth-order valence-corrected chi connectivity index (χ4v) is 2.96. The minimum Gasteiger partial charge on any atom is -0.435 e. The molecular formula is C14H17N5OS. The second-order valence-electron chi connectivity index (χ2n) is 4.62. The van der Waals surface area contributed by atoms with Gasteiger partial charge in [-0.15, -0.1) is 11.3 Å². The van der Waals surface area contributed by atoms with Gasteiger partial charge in [0.25, 0.3) is 0 Å². The molecule has 3 aromatic rings. The van der Waals surface area contributed by atoms with E-state index >= 15 is 0 Å². The third-order valence-electron chi connectivity index (χ3n) is 2.99. The first-order chi connectivity index (χ1) is 10.2. The lowest BCUT2D eigenvalue weighted by Crippen LogP contribution is -2.02. The monoisotopic (exact) mass is 303 g/mol. The molecule has 21 heavy (non-hydrogen) atoms. The summed E-state index contributed by atoms with van der Waals surface area (Å²) in [6, 6.07) is 2.10. The fourth-order valence-electron chi connectivity index (χ4n) is 2.00. The molecule has 0 saturated carbocycles. The Bertz CT molecular complexity index is 764. The lowest BCUT2D eigenvalue weighted by molar-refractivity contribution is 0.468. The van der Waals surface area contributed by atoms with Crippen molar-refractivity contribution in [3.8, 4) is 11.6 Å². The Labute approximate surface area is 126 Å². The van der Waals surface area contributed by atoms with Crippen molar-refractivity contribution in [1.29, 1.82) is 0 Å². The van der Waals surface area contributed by atoms with Gasteiger partial charge in [-0.2, -0.15) is 10.1 Å². The van der Waals surface area contributed by atoms with Gasteiger partial charge in [-0.1, -0.05) is 6.92 Å². The number of hydrogen-bond acceptors (Lipinski definition) is 6. The lowest BCUT2D eigenvalue weighted by atomic mass is 10.3. The Morgan fingerprint density at radius 3 is 2.86 bits per heavy atom. The molecular weight excluding hydrogens is 286 g/mol. The number of anilines is 1. The average molecular weight is 303 g/mol.